The van der Waals surface area contributed by atoms with Gasteiger partial charge in [-0.25, -0.2) is 17.6 Å². The SMILES string of the molecule is Cc1c(C)[n+](-c2ccc(F)cc2F)[c-]n1-c1[c-]cc(F)cc1F.Cc1c(C)[n+](-c2ccc(F)cc2F)[c-]n1-c1[c-]cc(F)cc1F.FC(F)(F)c1cc(-c2ccccn2)[n-]n1.[Ir]. The molecule has 19 heteroatoms. The maximum absolute atomic E-state index is 14.0. The summed E-state index contributed by atoms with van der Waals surface area (Å²) in [6, 6.07) is 20.5. The molecule has 0 N–H and O–H groups in total. The average molecular weight is 1040 g/mol. The predicted octanol–water partition coefficient (Wildman–Crippen LogP) is 9.17. The van der Waals surface area contributed by atoms with E-state index in [1.165, 1.54) is 36.6 Å². The molecule has 62 heavy (non-hydrogen) atoms. The van der Waals surface area contributed by atoms with Crippen LogP contribution in [0.15, 0.2) is 91.1 Å². The molecule has 4 aromatic carbocycles. The van der Waals surface area contributed by atoms with Crippen LogP contribution in [0, 0.1) is 99.0 Å². The fourth-order valence-corrected chi connectivity index (χ4v) is 5.67. The van der Waals surface area contributed by atoms with Gasteiger partial charge in [-0.05, 0) is 81.5 Å². The first kappa shape index (κ1) is 46.6. The monoisotopic (exact) mass is 1040 g/mol. The second-order valence-electron chi connectivity index (χ2n) is 12.9. The van der Waals surface area contributed by atoms with Gasteiger partial charge < -0.3 is 19.3 Å². The van der Waals surface area contributed by atoms with Gasteiger partial charge in [0.1, 0.15) is 40.3 Å². The van der Waals surface area contributed by atoms with Crippen molar-refractivity contribution in [1.29, 1.82) is 0 Å². The van der Waals surface area contributed by atoms with E-state index in [1.54, 1.807) is 45.9 Å². The molecule has 4 heterocycles. The van der Waals surface area contributed by atoms with Gasteiger partial charge in [0.2, 0.25) is 0 Å². The molecule has 0 atom stereocenters. The number of hydrogen-bond acceptors (Lipinski definition) is 2. The predicted molar refractivity (Wildman–Crippen MR) is 194 cm³/mol. The molecule has 0 bridgehead atoms. The molecule has 1 radical (unpaired) electrons. The normalized spacial score (nSPS) is 11.0. The van der Waals surface area contributed by atoms with Crippen LogP contribution < -0.4 is 14.2 Å². The molecule has 0 fully saturated rings. The molecule has 0 aliphatic rings. The molecule has 0 aliphatic heterocycles. The van der Waals surface area contributed by atoms with Crippen molar-refractivity contribution < 1.29 is 77.5 Å². The number of pyridine rings is 1. The van der Waals surface area contributed by atoms with E-state index in [0.29, 0.717) is 28.5 Å². The number of hydrogen-bond donors (Lipinski definition) is 0. The molecular weight excluding hydrogens is 1020 g/mol. The van der Waals surface area contributed by atoms with Crippen LogP contribution in [0.1, 0.15) is 28.5 Å². The van der Waals surface area contributed by atoms with Gasteiger partial charge in [-0.15, -0.1) is 24.3 Å². The molecule has 0 saturated heterocycles. The van der Waals surface area contributed by atoms with Crippen LogP contribution in [0.5, 0.6) is 0 Å². The van der Waals surface area contributed by atoms with E-state index in [1.807, 2.05) is 0 Å². The molecule has 8 rings (SSSR count). The zero-order valence-electron chi connectivity index (χ0n) is 32.3. The Hall–Kier alpha value is -6.46. The molecule has 8 aromatic rings. The molecule has 4 aromatic heterocycles. The van der Waals surface area contributed by atoms with Gasteiger partial charge in [0, 0.05) is 78.8 Å². The summed E-state index contributed by atoms with van der Waals surface area (Å²) < 4.78 is 150. The van der Waals surface area contributed by atoms with E-state index in [-0.39, 0.29) is 48.5 Å². The molecular formula is C43H27F11IrN7-3. The van der Waals surface area contributed by atoms with Gasteiger partial charge in [-0.3, -0.25) is 31.7 Å². The average Bonchev–Trinajstić information content (AvgIpc) is 3.90. The van der Waals surface area contributed by atoms with Gasteiger partial charge >= 0.3 is 6.18 Å². The number of halogens is 11. The minimum atomic E-state index is -4.46. The largest absolute Gasteiger partial charge is 0.573 e. The van der Waals surface area contributed by atoms with Crippen LogP contribution >= 0.6 is 0 Å². The second-order valence-corrected chi connectivity index (χ2v) is 12.9. The van der Waals surface area contributed by atoms with Crippen molar-refractivity contribution in [2.45, 2.75) is 33.9 Å². The molecule has 0 amide bonds. The van der Waals surface area contributed by atoms with Gasteiger partial charge in [-0.2, -0.15) is 25.3 Å². The van der Waals surface area contributed by atoms with Gasteiger partial charge in [0.05, 0.1) is 11.4 Å². The summed E-state index contributed by atoms with van der Waals surface area (Å²) >= 11 is 0. The maximum Gasteiger partial charge on any atom is 0.431 e. The summed E-state index contributed by atoms with van der Waals surface area (Å²) in [5, 5.41) is 6.47. The van der Waals surface area contributed by atoms with Crippen LogP contribution in [0.4, 0.5) is 48.3 Å². The van der Waals surface area contributed by atoms with Crippen molar-refractivity contribution >= 4 is 0 Å². The van der Waals surface area contributed by atoms with E-state index in [4.69, 9.17) is 0 Å². The Balaban J connectivity index is 0.000000178. The van der Waals surface area contributed by atoms with Crippen LogP contribution in [-0.2, 0) is 26.3 Å². The van der Waals surface area contributed by atoms with Crippen LogP contribution in [0.3, 0.4) is 0 Å². The number of imidazole rings is 2. The Morgan fingerprint density at radius 3 is 1.40 bits per heavy atom. The number of nitrogens with zero attached hydrogens (tertiary/aromatic N) is 7. The third kappa shape index (κ3) is 10.2. The first-order valence-corrected chi connectivity index (χ1v) is 17.5. The van der Waals surface area contributed by atoms with Crippen molar-refractivity contribution in [3.63, 3.8) is 0 Å². The summed E-state index contributed by atoms with van der Waals surface area (Å²) in [6.07, 6.45) is 2.59. The topological polar surface area (TPSA) is 57.5 Å². The fourth-order valence-electron chi connectivity index (χ4n) is 5.67. The summed E-state index contributed by atoms with van der Waals surface area (Å²) in [4.78, 5) is 3.87. The second kappa shape index (κ2) is 19.1. The molecule has 0 saturated carbocycles. The van der Waals surface area contributed by atoms with Crippen molar-refractivity contribution in [3.05, 3.63) is 191 Å². The number of aromatic nitrogens is 7. The van der Waals surface area contributed by atoms with Crippen LogP contribution in [0.2, 0.25) is 0 Å². The first-order valence-electron chi connectivity index (χ1n) is 17.5. The number of alkyl halides is 3. The van der Waals surface area contributed by atoms with Crippen LogP contribution in [-0.4, -0.2) is 19.2 Å². The molecule has 0 spiro atoms. The quantitative estimate of drug-likeness (QED) is 0.0983. The molecule has 0 aliphatic carbocycles. The summed E-state index contributed by atoms with van der Waals surface area (Å²) in [5.41, 5.74) is 1.88. The third-order valence-corrected chi connectivity index (χ3v) is 8.97. The fraction of sp³-hybridized carbons (Fsp3) is 0.116. The molecule has 0 unspecified atom stereocenters. The number of rotatable bonds is 5. The van der Waals surface area contributed by atoms with Gasteiger partial charge in [-0.1, -0.05) is 11.8 Å². The Labute approximate surface area is 359 Å². The van der Waals surface area contributed by atoms with E-state index in [0.717, 1.165) is 54.6 Å². The van der Waals surface area contributed by atoms with E-state index in [9.17, 15) is 48.3 Å². The molecule has 323 valence electrons. The Morgan fingerprint density at radius 2 is 1.03 bits per heavy atom. The van der Waals surface area contributed by atoms with Crippen molar-refractivity contribution in [2.75, 3.05) is 0 Å². The summed E-state index contributed by atoms with van der Waals surface area (Å²) in [7, 11) is 0. The Kier molecular flexibility index (Phi) is 14.3. The van der Waals surface area contributed by atoms with Crippen molar-refractivity contribution in [1.82, 2.24) is 24.3 Å². The van der Waals surface area contributed by atoms with Gasteiger partial charge in [0.15, 0.2) is 0 Å². The zero-order chi connectivity index (χ0) is 44.3. The van der Waals surface area contributed by atoms with Gasteiger partial charge in [0.25, 0.3) is 12.7 Å². The van der Waals surface area contributed by atoms with Crippen LogP contribution in [0.25, 0.3) is 34.1 Å². The maximum atomic E-state index is 14.0. The van der Waals surface area contributed by atoms with Crippen molar-refractivity contribution in [3.8, 4) is 34.1 Å². The smallest absolute Gasteiger partial charge is 0.431 e. The third-order valence-electron chi connectivity index (χ3n) is 8.97. The standard InChI is InChI=1S/2C17H11F4N2.C9H5F3N3.Ir/c2*1-10-11(2)23(17-6-4-13(19)8-15(17)21)9-22(10)16-5-3-12(18)7-14(16)20;10-9(11,12)8-5-7(14-15-8)6-3-1-2-4-13-6;/h2*3-5,7-8H,1-2H3;1-5H;/q3*-1;. The van der Waals surface area contributed by atoms with E-state index >= 15 is 0 Å². The summed E-state index contributed by atoms with van der Waals surface area (Å²) in [6.45, 7) is 6.74. The van der Waals surface area contributed by atoms with Crippen molar-refractivity contribution in [2.24, 2.45) is 0 Å². The first-order chi connectivity index (χ1) is 28.8. The zero-order valence-corrected chi connectivity index (χ0v) is 34.7. The van der Waals surface area contributed by atoms with E-state index in [2.05, 4.69) is 40.0 Å². The minimum Gasteiger partial charge on any atom is -0.573 e. The molecule has 7 nitrogen and oxygen atoms in total. The summed E-state index contributed by atoms with van der Waals surface area (Å²) in [5.74, 6) is -6.05. The Morgan fingerprint density at radius 1 is 0.581 bits per heavy atom. The Bertz CT molecular complexity index is 2560. The van der Waals surface area contributed by atoms with E-state index < -0.39 is 58.4 Å². The minimum absolute atomic E-state index is 0. The number of benzene rings is 4.